The average molecular weight is 312 g/mol. The molecule has 0 saturated carbocycles. The Morgan fingerprint density at radius 2 is 1.35 bits per heavy atom. The fourth-order valence-electron chi connectivity index (χ4n) is 1.16. The van der Waals surface area contributed by atoms with Crippen molar-refractivity contribution in [3.05, 3.63) is 46.3 Å². The number of hydrogen-bond donors (Lipinski definition) is 0. The molecule has 20 heavy (non-hydrogen) atoms. The lowest BCUT2D eigenvalue weighted by Gasteiger charge is -2.07. The van der Waals surface area contributed by atoms with Gasteiger partial charge >= 0.3 is 11.9 Å². The maximum absolute atomic E-state index is 11.2. The van der Waals surface area contributed by atoms with Gasteiger partial charge in [-0.3, -0.25) is 0 Å². The average Bonchev–Trinajstić information content (AvgIpc) is 2.45. The van der Waals surface area contributed by atoms with Gasteiger partial charge in [-0.05, 0) is 38.2 Å². The molecular weight excluding hydrogens is 296 g/mol. The SMILES string of the molecule is CCOC(=O)/C=C/C1=CC=C(/C=C/C(=O)OCC)SS1. The minimum atomic E-state index is -0.351. The van der Waals surface area contributed by atoms with Gasteiger partial charge in [0.15, 0.2) is 0 Å². The van der Waals surface area contributed by atoms with Crippen molar-refractivity contribution in [3.63, 3.8) is 0 Å². The van der Waals surface area contributed by atoms with Gasteiger partial charge in [-0.25, -0.2) is 9.59 Å². The zero-order valence-electron chi connectivity index (χ0n) is 11.3. The normalized spacial score (nSPS) is 15.1. The molecule has 0 saturated heterocycles. The number of hydrogen-bond acceptors (Lipinski definition) is 6. The van der Waals surface area contributed by atoms with Crippen LogP contribution in [0.25, 0.3) is 0 Å². The van der Waals surface area contributed by atoms with E-state index in [1.54, 1.807) is 26.0 Å². The van der Waals surface area contributed by atoms with Crippen LogP contribution in [0.15, 0.2) is 46.3 Å². The lowest BCUT2D eigenvalue weighted by Crippen LogP contribution is -1.99. The summed E-state index contributed by atoms with van der Waals surface area (Å²) in [5, 5.41) is 0. The third kappa shape index (κ3) is 6.68. The molecule has 0 amide bonds. The summed E-state index contributed by atoms with van der Waals surface area (Å²) in [5.41, 5.74) is 0. The molecule has 0 radical (unpaired) electrons. The highest BCUT2D eigenvalue weighted by atomic mass is 33.1. The molecule has 0 aliphatic carbocycles. The first-order valence-electron chi connectivity index (χ1n) is 6.12. The summed E-state index contributed by atoms with van der Waals surface area (Å²) in [6.45, 7) is 4.27. The topological polar surface area (TPSA) is 52.6 Å². The van der Waals surface area contributed by atoms with Crippen molar-refractivity contribution < 1.29 is 19.1 Å². The van der Waals surface area contributed by atoms with Gasteiger partial charge in [0, 0.05) is 22.0 Å². The summed E-state index contributed by atoms with van der Waals surface area (Å²) in [4.78, 5) is 24.2. The van der Waals surface area contributed by atoms with Crippen LogP contribution in [-0.2, 0) is 19.1 Å². The molecule has 108 valence electrons. The van der Waals surface area contributed by atoms with E-state index in [1.807, 2.05) is 12.2 Å². The minimum Gasteiger partial charge on any atom is -0.463 e. The standard InChI is InChI=1S/C14H16O4S2/c1-3-17-13(15)9-7-11-5-6-12(20-19-11)8-10-14(16)18-4-2/h5-10H,3-4H2,1-2H3/b9-7+,10-8+. The van der Waals surface area contributed by atoms with Crippen molar-refractivity contribution in [2.45, 2.75) is 13.8 Å². The molecule has 1 rings (SSSR count). The maximum atomic E-state index is 11.2. The molecule has 4 nitrogen and oxygen atoms in total. The molecule has 0 bridgehead atoms. The molecule has 0 aromatic rings. The van der Waals surface area contributed by atoms with Crippen LogP contribution in [0.3, 0.4) is 0 Å². The van der Waals surface area contributed by atoms with E-state index >= 15 is 0 Å². The smallest absolute Gasteiger partial charge is 0.330 e. The monoisotopic (exact) mass is 312 g/mol. The molecule has 0 aromatic heterocycles. The van der Waals surface area contributed by atoms with Gasteiger partial charge in [-0.1, -0.05) is 21.6 Å². The second kappa shape index (κ2) is 9.50. The Bertz CT molecular complexity index is 432. The van der Waals surface area contributed by atoms with Gasteiger partial charge in [0.1, 0.15) is 0 Å². The minimum absolute atomic E-state index is 0.351. The summed E-state index contributed by atoms with van der Waals surface area (Å²) in [6, 6.07) is 0. The molecule has 1 aliphatic heterocycles. The largest absolute Gasteiger partial charge is 0.463 e. The van der Waals surface area contributed by atoms with Crippen LogP contribution in [0.5, 0.6) is 0 Å². The van der Waals surface area contributed by atoms with E-state index in [2.05, 4.69) is 0 Å². The Morgan fingerprint density at radius 1 is 0.950 bits per heavy atom. The van der Waals surface area contributed by atoms with Crippen molar-refractivity contribution >= 4 is 33.5 Å². The molecule has 6 heteroatoms. The Kier molecular flexibility index (Phi) is 7.91. The molecule has 1 heterocycles. The quantitative estimate of drug-likeness (QED) is 0.426. The summed E-state index contributed by atoms with van der Waals surface area (Å²) in [7, 11) is 3.02. The summed E-state index contributed by atoms with van der Waals surface area (Å²) in [5.74, 6) is -0.702. The number of ether oxygens (including phenoxy) is 2. The third-order valence-corrected chi connectivity index (χ3v) is 4.40. The zero-order chi connectivity index (χ0) is 14.8. The summed E-state index contributed by atoms with van der Waals surface area (Å²) >= 11 is 0. The van der Waals surface area contributed by atoms with E-state index in [4.69, 9.17) is 9.47 Å². The van der Waals surface area contributed by atoms with E-state index in [1.165, 1.54) is 33.7 Å². The maximum Gasteiger partial charge on any atom is 0.330 e. The Morgan fingerprint density at radius 3 is 1.65 bits per heavy atom. The van der Waals surface area contributed by atoms with Crippen LogP contribution >= 0.6 is 21.6 Å². The second-order valence-electron chi connectivity index (χ2n) is 3.48. The van der Waals surface area contributed by atoms with E-state index in [0.29, 0.717) is 13.2 Å². The van der Waals surface area contributed by atoms with E-state index < -0.39 is 0 Å². The van der Waals surface area contributed by atoms with Gasteiger partial charge < -0.3 is 9.47 Å². The van der Waals surface area contributed by atoms with Crippen molar-refractivity contribution in [2.24, 2.45) is 0 Å². The number of carbonyl (C=O) groups is 2. The fourth-order valence-corrected chi connectivity index (χ4v) is 3.09. The number of rotatable bonds is 6. The Balaban J connectivity index is 2.53. The van der Waals surface area contributed by atoms with E-state index in [9.17, 15) is 9.59 Å². The van der Waals surface area contributed by atoms with Crippen molar-refractivity contribution in [3.8, 4) is 0 Å². The molecule has 1 aliphatic rings. The highest BCUT2D eigenvalue weighted by Gasteiger charge is 2.05. The Hall–Kier alpha value is -1.40. The van der Waals surface area contributed by atoms with Crippen LogP contribution in [0.1, 0.15) is 13.8 Å². The highest BCUT2D eigenvalue weighted by molar-refractivity contribution is 8.79. The second-order valence-corrected chi connectivity index (χ2v) is 5.75. The third-order valence-electron chi connectivity index (χ3n) is 1.99. The van der Waals surface area contributed by atoms with Crippen molar-refractivity contribution in [2.75, 3.05) is 13.2 Å². The van der Waals surface area contributed by atoms with Crippen LogP contribution in [0.2, 0.25) is 0 Å². The van der Waals surface area contributed by atoms with Crippen LogP contribution in [0.4, 0.5) is 0 Å². The molecule has 0 unspecified atom stereocenters. The van der Waals surface area contributed by atoms with Crippen molar-refractivity contribution in [1.82, 2.24) is 0 Å². The van der Waals surface area contributed by atoms with Gasteiger partial charge in [0.05, 0.1) is 13.2 Å². The number of esters is 2. The first-order chi connectivity index (χ1) is 9.65. The molecule has 0 spiro atoms. The van der Waals surface area contributed by atoms with Crippen LogP contribution in [-0.4, -0.2) is 25.2 Å². The van der Waals surface area contributed by atoms with Gasteiger partial charge in [0.2, 0.25) is 0 Å². The summed E-state index contributed by atoms with van der Waals surface area (Å²) in [6.07, 6.45) is 9.96. The number of carbonyl (C=O) groups excluding carboxylic acids is 2. The highest BCUT2D eigenvalue weighted by Crippen LogP contribution is 2.40. The molecule has 0 N–H and O–H groups in total. The lowest BCUT2D eigenvalue weighted by atomic mass is 10.3. The first kappa shape index (κ1) is 16.7. The molecular formula is C14H16O4S2. The number of allylic oxidation sites excluding steroid dienone is 4. The zero-order valence-corrected chi connectivity index (χ0v) is 13.0. The predicted molar refractivity (Wildman–Crippen MR) is 82.9 cm³/mol. The van der Waals surface area contributed by atoms with Gasteiger partial charge in [-0.15, -0.1) is 0 Å². The van der Waals surface area contributed by atoms with Crippen molar-refractivity contribution in [1.29, 1.82) is 0 Å². The summed E-state index contributed by atoms with van der Waals surface area (Å²) < 4.78 is 9.59. The van der Waals surface area contributed by atoms with Crippen LogP contribution in [0, 0.1) is 0 Å². The van der Waals surface area contributed by atoms with E-state index in [-0.39, 0.29) is 11.9 Å². The molecule has 0 aromatic carbocycles. The molecule has 0 fully saturated rings. The van der Waals surface area contributed by atoms with Gasteiger partial charge in [0.25, 0.3) is 0 Å². The van der Waals surface area contributed by atoms with Crippen LogP contribution < -0.4 is 0 Å². The fraction of sp³-hybridized carbons (Fsp3) is 0.286. The van der Waals surface area contributed by atoms with Gasteiger partial charge in [-0.2, -0.15) is 0 Å². The van der Waals surface area contributed by atoms with E-state index in [0.717, 1.165) is 9.81 Å². The lowest BCUT2D eigenvalue weighted by molar-refractivity contribution is -0.138. The molecule has 0 atom stereocenters. The predicted octanol–water partition coefficient (Wildman–Crippen LogP) is 3.39. The first-order valence-corrected chi connectivity index (χ1v) is 8.26. The Labute approximate surface area is 126 Å².